The number of benzene rings is 4. The van der Waals surface area contributed by atoms with Crippen molar-refractivity contribution >= 4 is 55.4 Å². The van der Waals surface area contributed by atoms with E-state index >= 15 is 0 Å². The Balaban J connectivity index is 0.975. The number of H-pyrrole nitrogens is 1. The largest absolute Gasteiger partial charge is 0.456 e. The van der Waals surface area contributed by atoms with E-state index in [0.29, 0.717) is 5.75 Å². The number of hydrogen-bond acceptors (Lipinski definition) is 9. The van der Waals surface area contributed by atoms with Gasteiger partial charge in [-0.25, -0.2) is 13.1 Å². The Morgan fingerprint density at radius 2 is 1.68 bits per heavy atom. The van der Waals surface area contributed by atoms with E-state index in [-0.39, 0.29) is 27.7 Å². The maximum atomic E-state index is 14.0. The molecule has 0 atom stereocenters. The molecule has 2 saturated heterocycles. The molecule has 8 rings (SSSR count). The number of aryl methyl sites for hydroxylation is 1. The van der Waals surface area contributed by atoms with Crippen LogP contribution in [0.15, 0.2) is 102 Å². The number of hydrogen-bond donors (Lipinski definition) is 3. The molecule has 0 unspecified atom stereocenters. The molecule has 13 heteroatoms. The Bertz CT molecular complexity index is 2520. The van der Waals surface area contributed by atoms with Crippen LogP contribution < -0.4 is 19.7 Å². The molecule has 3 N–H and O–H groups in total. The van der Waals surface area contributed by atoms with Crippen LogP contribution in [-0.2, 0) is 14.8 Å². The van der Waals surface area contributed by atoms with Gasteiger partial charge in [0.05, 0.1) is 17.1 Å². The normalized spacial score (nSPS) is 18.0. The Hall–Kier alpha value is -4.85. The van der Waals surface area contributed by atoms with Crippen molar-refractivity contribution in [1.82, 2.24) is 19.5 Å². The van der Waals surface area contributed by atoms with Gasteiger partial charge in [-0.1, -0.05) is 49.2 Å². The number of carbonyl (C=O) groups excluding carboxylic acids is 1. The first-order chi connectivity index (χ1) is 29.8. The molecule has 11 nitrogen and oxygen atoms in total. The second-order valence-corrected chi connectivity index (χ2v) is 20.0. The van der Waals surface area contributed by atoms with Gasteiger partial charge in [0.15, 0.2) is 0 Å². The summed E-state index contributed by atoms with van der Waals surface area (Å²) >= 11 is 6.26. The number of aromatic nitrogens is 1. The monoisotopic (exact) mass is 878 g/mol. The fourth-order valence-electron chi connectivity index (χ4n) is 9.08. The zero-order valence-electron chi connectivity index (χ0n) is 36.3. The number of aromatic amines is 1. The van der Waals surface area contributed by atoms with Gasteiger partial charge in [-0.2, -0.15) is 0 Å². The van der Waals surface area contributed by atoms with Gasteiger partial charge < -0.3 is 29.6 Å². The van der Waals surface area contributed by atoms with Crippen LogP contribution >= 0.6 is 11.6 Å². The van der Waals surface area contributed by atoms with Gasteiger partial charge in [0.25, 0.3) is 15.9 Å². The number of carbonyl (C=O) groups is 1. The number of ether oxygens (including phenoxy) is 2. The highest BCUT2D eigenvalue weighted by Gasteiger charge is 2.30. The molecule has 1 aliphatic carbocycles. The minimum absolute atomic E-state index is 0.0188. The highest BCUT2D eigenvalue weighted by Crippen LogP contribution is 2.43. The van der Waals surface area contributed by atoms with E-state index in [4.69, 9.17) is 21.1 Å². The van der Waals surface area contributed by atoms with E-state index in [1.54, 1.807) is 31.4 Å². The lowest BCUT2D eigenvalue weighted by atomic mass is 9.72. The summed E-state index contributed by atoms with van der Waals surface area (Å²) in [5.74, 6) is 0.0680. The number of fused-ring (bicyclic) bond motifs is 1. The number of piperidine rings is 1. The summed E-state index contributed by atoms with van der Waals surface area (Å²) in [5.41, 5.74) is 8.05. The number of allylic oxidation sites excluding steroid dienone is 1. The molecule has 0 bridgehead atoms. The van der Waals surface area contributed by atoms with Crippen molar-refractivity contribution < 1.29 is 22.7 Å². The first-order valence-corrected chi connectivity index (χ1v) is 23.7. The third kappa shape index (κ3) is 10.3. The highest BCUT2D eigenvalue weighted by atomic mass is 35.5. The highest BCUT2D eigenvalue weighted by molar-refractivity contribution is 7.90. The summed E-state index contributed by atoms with van der Waals surface area (Å²) < 4.78 is 41.7. The van der Waals surface area contributed by atoms with Crippen molar-refractivity contribution in [3.63, 3.8) is 0 Å². The molecule has 3 aliphatic rings. The van der Waals surface area contributed by atoms with Crippen molar-refractivity contribution in [2.45, 2.75) is 63.8 Å². The average molecular weight is 880 g/mol. The van der Waals surface area contributed by atoms with Crippen molar-refractivity contribution in [2.75, 3.05) is 76.3 Å². The zero-order valence-corrected chi connectivity index (χ0v) is 37.9. The molecule has 328 valence electrons. The summed E-state index contributed by atoms with van der Waals surface area (Å²) in [7, 11) is -2.50. The van der Waals surface area contributed by atoms with Crippen molar-refractivity contribution in [2.24, 2.45) is 5.41 Å². The van der Waals surface area contributed by atoms with Crippen LogP contribution in [0.3, 0.4) is 0 Å². The van der Waals surface area contributed by atoms with E-state index in [1.165, 1.54) is 23.1 Å². The standard InChI is InChI=1S/C49H59ClN6O5S/c1-34-30-40(13-15-44(34)52-38-18-22-54(23-19-38)28-29-60-4)62(58,59)53-48(57)42-14-12-39(31-47(42)61-46-7-5-6-45-41(46)17-21-51-45)56-26-24-55(25-27-56)33-36-16-20-49(2,3)32-43(36)35-8-10-37(50)11-9-35/h5-15,17,21,30-31,38,51-52H,16,18-20,22-29,32-33H2,1-4H3,(H,53,57). The number of halogens is 1. The molecular formula is C49H59ClN6O5S. The molecule has 1 amide bonds. The second-order valence-electron chi connectivity index (χ2n) is 17.8. The summed E-state index contributed by atoms with van der Waals surface area (Å²) in [6.45, 7) is 14.5. The fourth-order valence-corrected chi connectivity index (χ4v) is 10.3. The maximum Gasteiger partial charge on any atom is 0.268 e. The lowest BCUT2D eigenvalue weighted by Crippen LogP contribution is -2.47. The van der Waals surface area contributed by atoms with Crippen LogP contribution in [0.5, 0.6) is 11.5 Å². The van der Waals surface area contributed by atoms with E-state index in [9.17, 15) is 13.2 Å². The van der Waals surface area contributed by atoms with Gasteiger partial charge in [-0.05, 0) is 122 Å². The summed E-state index contributed by atoms with van der Waals surface area (Å²) in [4.78, 5) is 24.5. The van der Waals surface area contributed by atoms with Crippen LogP contribution in [0.25, 0.3) is 16.5 Å². The minimum Gasteiger partial charge on any atom is -0.456 e. The number of nitrogens with one attached hydrogen (secondary N) is 3. The molecule has 2 aliphatic heterocycles. The van der Waals surface area contributed by atoms with Crippen LogP contribution in [0, 0.1) is 12.3 Å². The molecule has 0 spiro atoms. The van der Waals surface area contributed by atoms with E-state index in [2.05, 4.69) is 55.7 Å². The van der Waals surface area contributed by atoms with Crippen LogP contribution in [0.2, 0.25) is 5.02 Å². The topological polar surface area (TPSA) is 119 Å². The minimum atomic E-state index is -4.22. The number of amides is 1. The lowest BCUT2D eigenvalue weighted by molar-refractivity contribution is 0.0979. The number of likely N-dealkylation sites (tertiary alicyclic amines) is 1. The fraction of sp³-hybridized carbons (Fsp3) is 0.408. The third-order valence-corrected chi connectivity index (χ3v) is 14.4. The lowest BCUT2D eigenvalue weighted by Gasteiger charge is -2.39. The number of rotatable bonds is 14. The molecule has 0 radical (unpaired) electrons. The summed E-state index contributed by atoms with van der Waals surface area (Å²) in [6.07, 6.45) is 7.11. The smallest absolute Gasteiger partial charge is 0.268 e. The van der Waals surface area contributed by atoms with Gasteiger partial charge in [0, 0.05) is 105 Å². The molecule has 3 heterocycles. The Labute approximate surface area is 371 Å². The summed E-state index contributed by atoms with van der Waals surface area (Å²) in [5, 5.41) is 5.21. The first-order valence-electron chi connectivity index (χ1n) is 21.8. The Morgan fingerprint density at radius 3 is 2.42 bits per heavy atom. The molecular weight excluding hydrogens is 820 g/mol. The molecule has 4 aromatic carbocycles. The second kappa shape index (κ2) is 18.9. The molecule has 62 heavy (non-hydrogen) atoms. The SMILES string of the molecule is COCCN1CCC(Nc2ccc(S(=O)(=O)NC(=O)c3ccc(N4CCN(CC5=C(c6ccc(Cl)cc6)CC(C)(C)CC5)CC4)cc3Oc3cccc4[nH]ccc34)cc2C)CC1. The van der Waals surface area contributed by atoms with Gasteiger partial charge in [0.2, 0.25) is 0 Å². The van der Waals surface area contributed by atoms with E-state index in [1.807, 2.05) is 61.7 Å². The number of sulfonamides is 1. The van der Waals surface area contributed by atoms with Gasteiger partial charge in [-0.15, -0.1) is 0 Å². The Morgan fingerprint density at radius 1 is 0.903 bits per heavy atom. The number of piperazine rings is 1. The van der Waals surface area contributed by atoms with Gasteiger partial charge in [0.1, 0.15) is 11.5 Å². The Kier molecular flexibility index (Phi) is 13.3. The predicted molar refractivity (Wildman–Crippen MR) is 250 cm³/mol. The quantitative estimate of drug-likeness (QED) is 0.100. The first kappa shape index (κ1) is 43.8. The van der Waals surface area contributed by atoms with Gasteiger partial charge >= 0.3 is 0 Å². The average Bonchev–Trinajstić information content (AvgIpc) is 3.75. The molecule has 1 aromatic heterocycles. The summed E-state index contributed by atoms with van der Waals surface area (Å²) in [6, 6.07) is 26.6. The molecule has 5 aromatic rings. The number of methoxy groups -OCH3 is 1. The van der Waals surface area contributed by atoms with Gasteiger partial charge in [-0.3, -0.25) is 9.69 Å². The molecule has 2 fully saturated rings. The predicted octanol–water partition coefficient (Wildman–Crippen LogP) is 9.35. The molecule has 0 saturated carbocycles. The number of anilines is 2. The van der Waals surface area contributed by atoms with Crippen molar-refractivity contribution in [3.05, 3.63) is 118 Å². The van der Waals surface area contributed by atoms with E-state index < -0.39 is 15.9 Å². The zero-order chi connectivity index (χ0) is 43.4. The van der Waals surface area contributed by atoms with Crippen LogP contribution in [0.4, 0.5) is 11.4 Å². The van der Waals surface area contributed by atoms with Crippen molar-refractivity contribution in [3.8, 4) is 11.5 Å². The third-order valence-electron chi connectivity index (χ3n) is 12.8. The van der Waals surface area contributed by atoms with Crippen LogP contribution in [0.1, 0.15) is 67.4 Å². The van der Waals surface area contributed by atoms with Crippen LogP contribution in [-0.4, -0.2) is 101 Å². The van der Waals surface area contributed by atoms with E-state index in [0.717, 1.165) is 118 Å². The maximum absolute atomic E-state index is 14.0. The van der Waals surface area contributed by atoms with Crippen molar-refractivity contribution in [1.29, 1.82) is 0 Å². The number of nitrogens with zero attached hydrogens (tertiary/aromatic N) is 3.